The third-order valence-corrected chi connectivity index (χ3v) is 2.28. The molecule has 3 heteroatoms. The predicted molar refractivity (Wildman–Crippen MR) is 62.1 cm³/mol. The molecule has 1 aromatic rings. The zero-order chi connectivity index (χ0) is 10.4. The van der Waals surface area contributed by atoms with Crippen molar-refractivity contribution in [2.75, 3.05) is 0 Å². The lowest BCUT2D eigenvalue weighted by molar-refractivity contribution is 0.816. The van der Waals surface area contributed by atoms with Crippen molar-refractivity contribution < 1.29 is 4.39 Å². The van der Waals surface area contributed by atoms with Crippen LogP contribution in [-0.2, 0) is 0 Å². The molecule has 0 fully saturated rings. The van der Waals surface area contributed by atoms with E-state index in [1.54, 1.807) is 0 Å². The Kier molecular flexibility index (Phi) is 4.37. The molecule has 0 bridgehead atoms. The highest BCUT2D eigenvalue weighted by Gasteiger charge is 1.91. The maximum atomic E-state index is 12.3. The van der Waals surface area contributed by atoms with E-state index in [9.17, 15) is 4.39 Å². The maximum Gasteiger partial charge on any atom is 0.187 e. The van der Waals surface area contributed by atoms with Crippen molar-refractivity contribution in [3.05, 3.63) is 35.9 Å². The van der Waals surface area contributed by atoms with Crippen LogP contribution in [0.5, 0.6) is 0 Å². The van der Waals surface area contributed by atoms with Gasteiger partial charge in [0.15, 0.2) is 5.24 Å². The first-order valence-corrected chi connectivity index (χ1v) is 5.20. The van der Waals surface area contributed by atoms with Crippen molar-refractivity contribution in [2.45, 2.75) is 12.2 Å². The summed E-state index contributed by atoms with van der Waals surface area (Å²) in [5.41, 5.74) is 5.87. The highest BCUT2D eigenvalue weighted by atomic mass is 32.1. The molecule has 0 radical (unpaired) electrons. The molecular weight excluding hydrogens is 197 g/mol. The van der Waals surface area contributed by atoms with Gasteiger partial charge in [-0.1, -0.05) is 30.0 Å². The van der Waals surface area contributed by atoms with Crippen LogP contribution in [0.2, 0.25) is 0 Å². The second-order valence-corrected chi connectivity index (χ2v) is 4.22. The Hall–Kier alpha value is -1.11. The van der Waals surface area contributed by atoms with Crippen molar-refractivity contribution >= 4 is 16.6 Å². The number of rotatable bonds is 1. The quantitative estimate of drug-likeness (QED) is 0.239. The van der Waals surface area contributed by atoms with Crippen molar-refractivity contribution in [3.8, 4) is 11.8 Å². The summed E-state index contributed by atoms with van der Waals surface area (Å²) in [5.74, 6) is 5.88. The summed E-state index contributed by atoms with van der Waals surface area (Å²) in [6.45, 7) is 1.84. The Morgan fingerprint density at radius 2 is 2.07 bits per heavy atom. The van der Waals surface area contributed by atoms with E-state index in [0.29, 0.717) is 11.4 Å². The molecular formula is C11H12FNS. The Labute approximate surface area is 87.1 Å². The van der Waals surface area contributed by atoms with Gasteiger partial charge >= 0.3 is 0 Å². The topological polar surface area (TPSA) is 26.0 Å². The number of hydrogen-bond acceptors (Lipinski definition) is 0. The van der Waals surface area contributed by atoms with Crippen LogP contribution in [0.4, 0.5) is 4.39 Å². The molecule has 2 N–H and O–H groups in total. The van der Waals surface area contributed by atoms with E-state index >= 15 is 0 Å². The number of halogens is 1. The average molecular weight is 209 g/mol. The van der Waals surface area contributed by atoms with Crippen LogP contribution in [0.1, 0.15) is 12.5 Å². The molecule has 0 saturated carbocycles. The molecule has 0 aliphatic heterocycles. The van der Waals surface area contributed by atoms with Crippen LogP contribution in [0.15, 0.2) is 30.3 Å². The van der Waals surface area contributed by atoms with E-state index in [2.05, 4.69) is 11.8 Å². The molecule has 0 aliphatic carbocycles. The SMILES string of the molecule is CC(C#Cc1ccccc1)[SH]=C(N)F. The van der Waals surface area contributed by atoms with Gasteiger partial charge in [0, 0.05) is 5.56 Å². The summed E-state index contributed by atoms with van der Waals surface area (Å²) < 4.78 is 12.3. The van der Waals surface area contributed by atoms with E-state index in [1.807, 2.05) is 37.3 Å². The minimum absolute atomic E-state index is 0.0693. The number of nitrogens with two attached hydrogens (primary N) is 1. The standard InChI is InChI=1S/C11H12FNS/c1-9(14-11(12)13)7-8-10-5-3-2-4-6-10/h2-6,9,14H,13H2,1H3. The van der Waals surface area contributed by atoms with Crippen LogP contribution in [0, 0.1) is 11.8 Å². The van der Waals surface area contributed by atoms with Gasteiger partial charge in [-0.3, -0.25) is 5.73 Å². The third kappa shape index (κ3) is 4.22. The minimum atomic E-state index is -0.583. The van der Waals surface area contributed by atoms with Gasteiger partial charge in [0.25, 0.3) is 0 Å². The predicted octanol–water partition coefficient (Wildman–Crippen LogP) is 1.91. The van der Waals surface area contributed by atoms with Crippen molar-refractivity contribution in [2.24, 2.45) is 5.73 Å². The monoisotopic (exact) mass is 209 g/mol. The lowest BCUT2D eigenvalue weighted by Gasteiger charge is -1.94. The first kappa shape index (κ1) is 11.0. The lowest BCUT2D eigenvalue weighted by Crippen LogP contribution is -2.03. The van der Waals surface area contributed by atoms with Gasteiger partial charge in [-0.05, 0) is 19.1 Å². The molecule has 0 saturated heterocycles. The second kappa shape index (κ2) is 5.58. The molecule has 1 aromatic carbocycles. The van der Waals surface area contributed by atoms with Crippen molar-refractivity contribution in [3.63, 3.8) is 0 Å². The zero-order valence-corrected chi connectivity index (χ0v) is 8.76. The third-order valence-electron chi connectivity index (χ3n) is 1.52. The van der Waals surface area contributed by atoms with Gasteiger partial charge < -0.3 is 0 Å². The summed E-state index contributed by atoms with van der Waals surface area (Å²) in [7, 11) is 0. The Morgan fingerprint density at radius 1 is 1.43 bits per heavy atom. The maximum absolute atomic E-state index is 12.3. The largest absolute Gasteiger partial charge is 0.274 e. The lowest BCUT2D eigenvalue weighted by atomic mass is 10.2. The molecule has 1 rings (SSSR count). The van der Waals surface area contributed by atoms with Gasteiger partial charge in [0.2, 0.25) is 0 Å². The van der Waals surface area contributed by atoms with Gasteiger partial charge in [-0.15, -0.1) is 11.4 Å². The van der Waals surface area contributed by atoms with Gasteiger partial charge in [-0.25, -0.2) is 0 Å². The van der Waals surface area contributed by atoms with E-state index in [1.165, 1.54) is 0 Å². The Balaban J connectivity index is 2.69. The molecule has 1 nitrogen and oxygen atoms in total. The Morgan fingerprint density at radius 3 is 2.64 bits per heavy atom. The fourth-order valence-corrected chi connectivity index (χ4v) is 1.43. The fraction of sp³-hybridized carbons (Fsp3) is 0.182. The summed E-state index contributed by atoms with van der Waals surface area (Å²) in [4.78, 5) is 0. The highest BCUT2D eigenvalue weighted by molar-refractivity contribution is 7.99. The van der Waals surface area contributed by atoms with Crippen molar-refractivity contribution in [1.29, 1.82) is 0 Å². The molecule has 0 amide bonds. The molecule has 0 spiro atoms. The number of thiol groups is 1. The fourth-order valence-electron chi connectivity index (χ4n) is 0.927. The molecule has 0 aliphatic rings. The van der Waals surface area contributed by atoms with Crippen LogP contribution in [-0.4, -0.2) is 10.5 Å². The highest BCUT2D eigenvalue weighted by Crippen LogP contribution is 2.01. The first-order valence-electron chi connectivity index (χ1n) is 4.24. The molecule has 1 atom stereocenters. The molecule has 74 valence electrons. The van der Waals surface area contributed by atoms with Crippen LogP contribution in [0.25, 0.3) is 0 Å². The minimum Gasteiger partial charge on any atom is -0.274 e. The van der Waals surface area contributed by atoms with Crippen LogP contribution < -0.4 is 5.73 Å². The van der Waals surface area contributed by atoms with Crippen LogP contribution >= 0.6 is 11.4 Å². The second-order valence-electron chi connectivity index (χ2n) is 2.76. The van der Waals surface area contributed by atoms with Gasteiger partial charge in [0.1, 0.15) is 0 Å². The summed E-state index contributed by atoms with van der Waals surface area (Å²) in [6.07, 6.45) is 0. The molecule has 1 unspecified atom stereocenters. The summed E-state index contributed by atoms with van der Waals surface area (Å²) in [5, 5.41) is -0.653. The average Bonchev–Trinajstić information content (AvgIpc) is 2.15. The normalized spacial score (nSPS) is 13.5. The van der Waals surface area contributed by atoms with E-state index in [4.69, 9.17) is 5.73 Å². The smallest absolute Gasteiger partial charge is 0.187 e. The van der Waals surface area contributed by atoms with E-state index in [0.717, 1.165) is 5.56 Å². The zero-order valence-electron chi connectivity index (χ0n) is 7.87. The molecule has 14 heavy (non-hydrogen) atoms. The molecule has 0 aromatic heterocycles. The van der Waals surface area contributed by atoms with Gasteiger partial charge in [0.05, 0.1) is 5.25 Å². The number of hydrogen-bond donors (Lipinski definition) is 2. The molecule has 0 heterocycles. The van der Waals surface area contributed by atoms with E-state index in [-0.39, 0.29) is 5.25 Å². The van der Waals surface area contributed by atoms with Crippen molar-refractivity contribution in [1.82, 2.24) is 0 Å². The van der Waals surface area contributed by atoms with E-state index < -0.39 is 5.24 Å². The summed E-state index contributed by atoms with van der Waals surface area (Å²) >= 11 is 0.448. The summed E-state index contributed by atoms with van der Waals surface area (Å²) in [6, 6.07) is 9.60. The Bertz CT molecular complexity index is 371. The van der Waals surface area contributed by atoms with Gasteiger partial charge in [-0.2, -0.15) is 4.39 Å². The van der Waals surface area contributed by atoms with Crippen LogP contribution in [0.3, 0.4) is 0 Å². The number of benzene rings is 1. The first-order chi connectivity index (χ1) is 6.68.